The molecule has 2 aromatic carbocycles. The van der Waals surface area contributed by atoms with Crippen LogP contribution in [0.1, 0.15) is 33.6 Å². The Hall–Kier alpha value is -3.45. The molecule has 2 radical (unpaired) electrons. The van der Waals surface area contributed by atoms with Crippen LogP contribution in [0.5, 0.6) is 0 Å². The molecule has 50 heavy (non-hydrogen) atoms. The molecular formula is C38H36Cl4Co2N6. The van der Waals surface area contributed by atoms with Crippen LogP contribution in [0.25, 0.3) is 33.9 Å². The summed E-state index contributed by atoms with van der Waals surface area (Å²) in [7, 11) is 0. The Kier molecular flexibility index (Phi) is 20.2. The summed E-state index contributed by atoms with van der Waals surface area (Å²) in [6.07, 6.45) is 7.20. The van der Waals surface area contributed by atoms with Crippen molar-refractivity contribution in [3.63, 3.8) is 0 Å². The van der Waals surface area contributed by atoms with Gasteiger partial charge in [-0.15, -0.1) is 49.6 Å². The van der Waals surface area contributed by atoms with E-state index in [1.165, 1.54) is 0 Å². The van der Waals surface area contributed by atoms with Gasteiger partial charge in [0, 0.05) is 46.0 Å². The summed E-state index contributed by atoms with van der Waals surface area (Å²) in [4.78, 5) is 28.0. The molecule has 0 amide bonds. The molecule has 6 rings (SSSR count). The van der Waals surface area contributed by atoms with E-state index in [1.807, 2.05) is 85.2 Å². The van der Waals surface area contributed by atoms with Gasteiger partial charge in [-0.05, 0) is 134 Å². The Balaban J connectivity index is 0.00000400. The van der Waals surface area contributed by atoms with Crippen molar-refractivity contribution in [1.82, 2.24) is 19.9 Å². The predicted molar refractivity (Wildman–Crippen MR) is 209 cm³/mol. The number of pyridine rings is 4. The average Bonchev–Trinajstić information content (AvgIpc) is 3.05. The van der Waals surface area contributed by atoms with E-state index in [0.29, 0.717) is 0 Å². The number of halogens is 4. The number of hydrogen-bond acceptors (Lipinski definition) is 6. The van der Waals surface area contributed by atoms with Crippen molar-refractivity contribution in [3.8, 4) is 33.9 Å². The maximum absolute atomic E-state index is 4.84. The van der Waals surface area contributed by atoms with Gasteiger partial charge in [-0.25, -0.2) is 9.97 Å². The Morgan fingerprint density at radius 3 is 1.10 bits per heavy atom. The molecule has 0 N–H and O–H groups in total. The Morgan fingerprint density at radius 1 is 0.440 bits per heavy atom. The van der Waals surface area contributed by atoms with Gasteiger partial charge in [0.05, 0.1) is 58.0 Å². The molecule has 0 fully saturated rings. The maximum Gasteiger partial charge on any atom is 0.0894 e. The normalized spacial score (nSPS) is 10.1. The first-order chi connectivity index (χ1) is 21.4. The van der Waals surface area contributed by atoms with E-state index in [1.54, 1.807) is 12.4 Å². The minimum absolute atomic E-state index is 0. The largest absolute Gasteiger partial charge is 0.255 e. The summed E-state index contributed by atoms with van der Waals surface area (Å²) < 4.78 is 0. The van der Waals surface area contributed by atoms with Crippen molar-refractivity contribution in [2.75, 3.05) is 0 Å². The van der Waals surface area contributed by atoms with Crippen molar-refractivity contribution >= 4 is 73.4 Å². The number of rotatable bonds is 7. The van der Waals surface area contributed by atoms with E-state index < -0.39 is 0 Å². The molecule has 4 aromatic heterocycles. The first kappa shape index (κ1) is 46.6. The monoisotopic (exact) mass is 834 g/mol. The number of aryl methyl sites for hydroxylation is 4. The van der Waals surface area contributed by atoms with Crippen molar-refractivity contribution in [1.29, 1.82) is 0 Å². The first-order valence-electron chi connectivity index (χ1n) is 14.5. The molecule has 0 aliphatic rings. The second-order valence-electron chi connectivity index (χ2n) is 10.8. The number of aliphatic imine (C=N–C) groups is 2. The van der Waals surface area contributed by atoms with Gasteiger partial charge in [-0.3, -0.25) is 20.0 Å². The average molecular weight is 836 g/mol. The molecule has 0 atom stereocenters. The summed E-state index contributed by atoms with van der Waals surface area (Å²) in [5.74, 6) is 0. The number of hydrogen-bond donors (Lipinski definition) is 0. The van der Waals surface area contributed by atoms with Gasteiger partial charge >= 0.3 is 0 Å². The molecule has 0 spiro atoms. The summed E-state index contributed by atoms with van der Waals surface area (Å²) in [5.41, 5.74) is 13.5. The molecule has 0 unspecified atom stereocenters. The number of benzene rings is 2. The van der Waals surface area contributed by atoms with Crippen LogP contribution < -0.4 is 0 Å². The molecule has 0 aliphatic carbocycles. The summed E-state index contributed by atoms with van der Waals surface area (Å²) >= 11 is 0. The fraction of sp³-hybridized carbons (Fsp3) is 0.105. The molecule has 12 heteroatoms. The summed E-state index contributed by atoms with van der Waals surface area (Å²) in [5, 5.41) is 0. The Labute approximate surface area is 339 Å². The van der Waals surface area contributed by atoms with E-state index in [2.05, 4.69) is 61.9 Å². The fourth-order valence-electron chi connectivity index (χ4n) is 5.27. The van der Waals surface area contributed by atoms with Crippen LogP contribution in [0.4, 0.5) is 11.4 Å². The van der Waals surface area contributed by atoms with Gasteiger partial charge in [-0.1, -0.05) is 24.3 Å². The topological polar surface area (TPSA) is 76.3 Å². The third-order valence-electron chi connectivity index (χ3n) is 7.36. The Morgan fingerprint density at radius 2 is 0.780 bits per heavy atom. The minimum atomic E-state index is 0. The van der Waals surface area contributed by atoms with Crippen LogP contribution in [0.2, 0.25) is 0 Å². The van der Waals surface area contributed by atoms with Gasteiger partial charge < -0.3 is 0 Å². The SMILES string of the molecule is Cc1cc(-c2cc(C)c(N=Cc3cccc(-c4ccccn4)n3)c(C)c2)cc(C)c1N=Cc1cccc(-c2ccccn2)n1.Cl.Cl.Cl.Cl.[Co].[Co]. The standard InChI is InChI=1S/C38H32N6.4ClH.2Co/c1-25-19-29(20-26(2)37(25)41-23-31-11-9-15-35(43-31)33-13-5-7-17-39-33)30-21-27(3)38(28(4)22-30)42-24-32-12-10-16-36(44-32)34-14-6-8-18-40-34;;;;;;/h5-24H,1-4H3;4*1H;;. The molecule has 264 valence electrons. The van der Waals surface area contributed by atoms with E-state index in [4.69, 9.17) is 20.0 Å². The number of nitrogens with zero attached hydrogens (tertiary/aromatic N) is 6. The first-order valence-corrected chi connectivity index (χ1v) is 14.5. The van der Waals surface area contributed by atoms with Crippen molar-refractivity contribution in [2.24, 2.45) is 9.98 Å². The molecular weight excluding hydrogens is 800 g/mol. The second kappa shape index (κ2) is 21.7. The van der Waals surface area contributed by atoms with Gasteiger partial charge in [0.1, 0.15) is 0 Å². The third kappa shape index (κ3) is 11.3. The molecule has 4 heterocycles. The van der Waals surface area contributed by atoms with Crippen LogP contribution in [-0.2, 0) is 33.6 Å². The van der Waals surface area contributed by atoms with E-state index in [9.17, 15) is 0 Å². The van der Waals surface area contributed by atoms with Crippen molar-refractivity contribution < 1.29 is 33.6 Å². The number of aromatic nitrogens is 4. The molecule has 0 aliphatic heterocycles. The van der Waals surface area contributed by atoms with Gasteiger partial charge in [0.15, 0.2) is 0 Å². The van der Waals surface area contributed by atoms with Gasteiger partial charge in [0.2, 0.25) is 0 Å². The molecule has 0 saturated carbocycles. The van der Waals surface area contributed by atoms with Crippen LogP contribution in [0, 0.1) is 27.7 Å². The molecule has 6 nitrogen and oxygen atoms in total. The van der Waals surface area contributed by atoms with E-state index >= 15 is 0 Å². The zero-order valence-electron chi connectivity index (χ0n) is 27.5. The van der Waals surface area contributed by atoms with Crippen LogP contribution in [0.15, 0.2) is 119 Å². The van der Waals surface area contributed by atoms with Crippen molar-refractivity contribution in [2.45, 2.75) is 27.7 Å². The summed E-state index contributed by atoms with van der Waals surface area (Å²) in [6.45, 7) is 8.41. The smallest absolute Gasteiger partial charge is 0.0894 e. The van der Waals surface area contributed by atoms with E-state index in [-0.39, 0.29) is 83.2 Å². The molecule has 0 bridgehead atoms. The Bertz CT molecular complexity index is 1840. The predicted octanol–water partition coefficient (Wildman–Crippen LogP) is 10.7. The second-order valence-corrected chi connectivity index (χ2v) is 10.8. The molecule has 0 saturated heterocycles. The maximum atomic E-state index is 4.84. The zero-order chi connectivity index (χ0) is 30.5. The molecule has 6 aromatic rings. The van der Waals surface area contributed by atoms with Crippen LogP contribution in [0.3, 0.4) is 0 Å². The van der Waals surface area contributed by atoms with Crippen molar-refractivity contribution in [3.05, 3.63) is 143 Å². The zero-order valence-corrected chi connectivity index (χ0v) is 32.9. The van der Waals surface area contributed by atoms with Gasteiger partial charge in [-0.2, -0.15) is 0 Å². The summed E-state index contributed by atoms with van der Waals surface area (Å²) in [6, 6.07) is 32.2. The minimum Gasteiger partial charge on any atom is -0.255 e. The quantitative estimate of drug-likeness (QED) is 0.150. The fourth-order valence-corrected chi connectivity index (χ4v) is 5.27. The van der Waals surface area contributed by atoms with Crippen LogP contribution >= 0.6 is 49.6 Å². The van der Waals surface area contributed by atoms with Gasteiger partial charge in [0.25, 0.3) is 0 Å². The van der Waals surface area contributed by atoms with E-state index in [0.717, 1.165) is 78.9 Å². The van der Waals surface area contributed by atoms with Crippen LogP contribution in [-0.4, -0.2) is 32.4 Å². The third-order valence-corrected chi connectivity index (χ3v) is 7.36.